The lowest BCUT2D eigenvalue weighted by Crippen LogP contribution is -2.53. The molecular weight excluding hydrogens is 404 g/mol. The van der Waals surface area contributed by atoms with Crippen molar-refractivity contribution in [3.8, 4) is 0 Å². The summed E-state index contributed by atoms with van der Waals surface area (Å²) in [5.74, 6) is -1.04. The average molecular weight is 435 g/mol. The van der Waals surface area contributed by atoms with E-state index in [4.69, 9.17) is 0 Å². The van der Waals surface area contributed by atoms with Gasteiger partial charge >= 0.3 is 11.8 Å². The molecule has 1 saturated heterocycles. The van der Waals surface area contributed by atoms with E-state index >= 15 is 0 Å². The second-order valence-electron chi connectivity index (χ2n) is 8.63. The van der Waals surface area contributed by atoms with Gasteiger partial charge in [-0.2, -0.15) is 0 Å². The van der Waals surface area contributed by atoms with Gasteiger partial charge in [0.2, 0.25) is 0 Å². The number of nitrogens with zero attached hydrogens (tertiary/aromatic N) is 3. The van der Waals surface area contributed by atoms with E-state index in [9.17, 15) is 14.4 Å². The number of pyridine rings is 1. The fraction of sp³-hybridized carbons (Fsp3) is 0.440. The first-order valence-corrected chi connectivity index (χ1v) is 11.5. The first kappa shape index (κ1) is 22.0. The molecule has 2 aliphatic rings. The van der Waals surface area contributed by atoms with Crippen LogP contribution in [0.2, 0.25) is 0 Å². The van der Waals surface area contributed by atoms with Gasteiger partial charge in [0.25, 0.3) is 5.91 Å². The molecule has 32 heavy (non-hydrogen) atoms. The van der Waals surface area contributed by atoms with Crippen molar-refractivity contribution >= 4 is 17.7 Å². The van der Waals surface area contributed by atoms with Gasteiger partial charge in [0, 0.05) is 37.4 Å². The molecule has 7 heteroatoms. The summed E-state index contributed by atoms with van der Waals surface area (Å²) >= 11 is 0. The van der Waals surface area contributed by atoms with Crippen molar-refractivity contribution in [1.29, 1.82) is 0 Å². The van der Waals surface area contributed by atoms with Crippen molar-refractivity contribution in [1.82, 2.24) is 20.1 Å². The number of hydrogen-bond donors (Lipinski definition) is 1. The van der Waals surface area contributed by atoms with E-state index in [0.717, 1.165) is 24.1 Å². The minimum absolute atomic E-state index is 0.0437. The predicted molar refractivity (Wildman–Crippen MR) is 120 cm³/mol. The van der Waals surface area contributed by atoms with Crippen LogP contribution >= 0.6 is 0 Å². The van der Waals surface area contributed by atoms with E-state index in [-0.39, 0.29) is 11.9 Å². The van der Waals surface area contributed by atoms with Crippen LogP contribution in [0, 0.1) is 0 Å². The number of amides is 3. The molecule has 0 spiro atoms. The van der Waals surface area contributed by atoms with Crippen LogP contribution in [0.25, 0.3) is 0 Å². The first-order valence-electron chi connectivity index (χ1n) is 11.5. The van der Waals surface area contributed by atoms with Crippen molar-refractivity contribution in [3.63, 3.8) is 0 Å². The van der Waals surface area contributed by atoms with Crippen molar-refractivity contribution in [2.24, 2.45) is 0 Å². The molecule has 1 aromatic heterocycles. The largest absolute Gasteiger partial charge is 0.349 e. The molecule has 1 N–H and O–H groups in total. The molecule has 7 nitrogen and oxygen atoms in total. The summed E-state index contributed by atoms with van der Waals surface area (Å²) in [6, 6.07) is 13.1. The van der Waals surface area contributed by atoms with Gasteiger partial charge in [-0.1, -0.05) is 43.9 Å². The molecule has 3 amide bonds. The molecule has 1 aliphatic carbocycles. The van der Waals surface area contributed by atoms with E-state index < -0.39 is 11.8 Å². The standard InChI is InChI=1S/C25H30N4O3/c30-23(27-21-7-3-1-2-4-8-21)20-12-10-19(11-13-20)17-28-15-16-29(25(32)24(28)31)18-22-9-5-6-14-26-22/h5-6,9-14,21H,1-4,7-8,15-18H2,(H,27,30). The van der Waals surface area contributed by atoms with Gasteiger partial charge in [-0.05, 0) is 42.7 Å². The first-order chi connectivity index (χ1) is 15.6. The Labute approximate surface area is 188 Å². The molecule has 1 saturated carbocycles. The summed E-state index contributed by atoms with van der Waals surface area (Å²) in [5, 5.41) is 3.15. The lowest BCUT2D eigenvalue weighted by molar-refractivity contribution is -0.156. The molecular formula is C25H30N4O3. The van der Waals surface area contributed by atoms with Gasteiger partial charge < -0.3 is 15.1 Å². The maximum atomic E-state index is 12.6. The van der Waals surface area contributed by atoms with Crippen molar-refractivity contribution in [3.05, 3.63) is 65.5 Å². The number of rotatable bonds is 6. The summed E-state index contributed by atoms with van der Waals surface area (Å²) < 4.78 is 0. The Morgan fingerprint density at radius 2 is 1.53 bits per heavy atom. The van der Waals surface area contributed by atoms with Crippen molar-refractivity contribution in [2.75, 3.05) is 13.1 Å². The van der Waals surface area contributed by atoms with E-state index in [1.54, 1.807) is 28.1 Å². The second kappa shape index (κ2) is 10.4. The molecule has 0 atom stereocenters. The van der Waals surface area contributed by atoms with E-state index in [2.05, 4.69) is 10.3 Å². The second-order valence-corrected chi connectivity index (χ2v) is 8.63. The maximum absolute atomic E-state index is 12.6. The maximum Gasteiger partial charge on any atom is 0.312 e. The number of nitrogens with one attached hydrogen (secondary N) is 1. The topological polar surface area (TPSA) is 82.6 Å². The van der Waals surface area contributed by atoms with Gasteiger partial charge in [0.05, 0.1) is 12.2 Å². The average Bonchev–Trinajstić information content (AvgIpc) is 3.08. The number of hydrogen-bond acceptors (Lipinski definition) is 4. The monoisotopic (exact) mass is 434 g/mol. The zero-order valence-corrected chi connectivity index (χ0v) is 18.3. The third-order valence-corrected chi connectivity index (χ3v) is 6.26. The molecule has 2 heterocycles. The van der Waals surface area contributed by atoms with E-state index in [1.165, 1.54) is 25.7 Å². The normalized spacial score (nSPS) is 17.9. The Balaban J connectivity index is 1.31. The minimum Gasteiger partial charge on any atom is -0.349 e. The van der Waals surface area contributed by atoms with Crippen LogP contribution in [0.1, 0.15) is 60.1 Å². The van der Waals surface area contributed by atoms with Crippen LogP contribution in [0.5, 0.6) is 0 Å². The van der Waals surface area contributed by atoms with Crippen LogP contribution in [0.3, 0.4) is 0 Å². The summed E-state index contributed by atoms with van der Waals surface area (Å²) in [5.41, 5.74) is 2.29. The molecule has 0 bridgehead atoms. The highest BCUT2D eigenvalue weighted by atomic mass is 16.2. The molecule has 1 aliphatic heterocycles. The predicted octanol–water partition coefficient (Wildman–Crippen LogP) is 2.91. The molecule has 0 unspecified atom stereocenters. The number of carbonyl (C=O) groups is 3. The molecule has 0 radical (unpaired) electrons. The molecule has 1 aromatic carbocycles. The Morgan fingerprint density at radius 3 is 2.16 bits per heavy atom. The summed E-state index contributed by atoms with van der Waals surface area (Å²) in [6.45, 7) is 1.64. The van der Waals surface area contributed by atoms with Gasteiger partial charge in [-0.15, -0.1) is 0 Å². The highest BCUT2D eigenvalue weighted by Crippen LogP contribution is 2.18. The zero-order chi connectivity index (χ0) is 22.3. The Kier molecular flexibility index (Phi) is 7.14. The number of aromatic nitrogens is 1. The number of piperazine rings is 1. The molecule has 4 rings (SSSR count). The molecule has 2 fully saturated rings. The smallest absolute Gasteiger partial charge is 0.312 e. The van der Waals surface area contributed by atoms with Gasteiger partial charge in [0.1, 0.15) is 0 Å². The minimum atomic E-state index is -0.499. The number of benzene rings is 1. The van der Waals surface area contributed by atoms with Crippen LogP contribution in [-0.4, -0.2) is 51.6 Å². The zero-order valence-electron chi connectivity index (χ0n) is 18.3. The van der Waals surface area contributed by atoms with Gasteiger partial charge in [-0.25, -0.2) is 0 Å². The Hall–Kier alpha value is -3.22. The Bertz CT molecular complexity index is 937. The third-order valence-electron chi connectivity index (χ3n) is 6.26. The highest BCUT2D eigenvalue weighted by Gasteiger charge is 2.32. The fourth-order valence-corrected chi connectivity index (χ4v) is 4.38. The third kappa shape index (κ3) is 5.52. The quantitative estimate of drug-likeness (QED) is 0.560. The van der Waals surface area contributed by atoms with Gasteiger partial charge in [0.15, 0.2) is 0 Å². The van der Waals surface area contributed by atoms with Crippen molar-refractivity contribution < 1.29 is 14.4 Å². The lowest BCUT2D eigenvalue weighted by atomic mass is 10.1. The van der Waals surface area contributed by atoms with Crippen LogP contribution < -0.4 is 5.32 Å². The van der Waals surface area contributed by atoms with Crippen LogP contribution in [0.15, 0.2) is 48.7 Å². The van der Waals surface area contributed by atoms with Crippen LogP contribution in [0.4, 0.5) is 0 Å². The van der Waals surface area contributed by atoms with E-state index in [0.29, 0.717) is 31.7 Å². The SMILES string of the molecule is O=C(NC1CCCCCC1)c1ccc(CN2CCN(Cc3ccccn3)C(=O)C2=O)cc1. The van der Waals surface area contributed by atoms with E-state index in [1.807, 2.05) is 30.3 Å². The lowest BCUT2D eigenvalue weighted by Gasteiger charge is -2.33. The summed E-state index contributed by atoms with van der Waals surface area (Å²) in [4.78, 5) is 45.1. The summed E-state index contributed by atoms with van der Waals surface area (Å²) in [6.07, 6.45) is 8.62. The summed E-state index contributed by atoms with van der Waals surface area (Å²) in [7, 11) is 0. The van der Waals surface area contributed by atoms with Gasteiger partial charge in [-0.3, -0.25) is 19.4 Å². The number of carbonyl (C=O) groups excluding carboxylic acids is 3. The highest BCUT2D eigenvalue weighted by molar-refractivity contribution is 6.35. The van der Waals surface area contributed by atoms with Crippen molar-refractivity contribution in [2.45, 2.75) is 57.7 Å². The van der Waals surface area contributed by atoms with Crippen LogP contribution in [-0.2, 0) is 22.7 Å². The molecule has 168 valence electrons. The molecule has 2 aromatic rings. The fourth-order valence-electron chi connectivity index (χ4n) is 4.38. The Morgan fingerprint density at radius 1 is 0.875 bits per heavy atom.